The summed E-state index contributed by atoms with van der Waals surface area (Å²) in [5, 5.41) is 19.2. The molecule has 1 N–H and O–H groups in total. The minimum Gasteiger partial charge on any atom is -0.265 e. The summed E-state index contributed by atoms with van der Waals surface area (Å²) < 4.78 is 2.00. The zero-order valence-electron chi connectivity index (χ0n) is 15.3. The molecule has 2 heterocycles. The van der Waals surface area contributed by atoms with Crippen LogP contribution in [-0.2, 0) is 6.54 Å². The molecule has 6 heteroatoms. The van der Waals surface area contributed by atoms with E-state index in [2.05, 4.69) is 44.9 Å². The molecule has 0 unspecified atom stereocenters. The van der Waals surface area contributed by atoms with Gasteiger partial charge in [0.2, 0.25) is 0 Å². The van der Waals surface area contributed by atoms with Crippen molar-refractivity contribution in [3.05, 3.63) is 83.3 Å². The lowest BCUT2D eigenvalue weighted by molar-refractivity contribution is 0.659. The number of rotatable bonds is 5. The lowest BCUT2D eigenvalue weighted by Crippen LogP contribution is -2.04. The van der Waals surface area contributed by atoms with E-state index in [1.54, 1.807) is 12.4 Å². The van der Waals surface area contributed by atoms with Crippen LogP contribution in [-0.4, -0.2) is 26.2 Å². The molecule has 0 spiro atoms. The van der Waals surface area contributed by atoms with Crippen LogP contribution in [0.2, 0.25) is 0 Å². The van der Waals surface area contributed by atoms with Gasteiger partial charge in [-0.1, -0.05) is 54.6 Å². The second-order valence-electron chi connectivity index (χ2n) is 6.38. The molecule has 0 saturated heterocycles. The Morgan fingerprint density at radius 1 is 1.04 bits per heavy atom. The van der Waals surface area contributed by atoms with Gasteiger partial charge in [-0.05, 0) is 19.4 Å². The highest BCUT2D eigenvalue weighted by atomic mass is 15.3. The highest BCUT2D eigenvalue weighted by molar-refractivity contribution is 5.91. The predicted octanol–water partition coefficient (Wildman–Crippen LogP) is 3.94. The molecule has 0 radical (unpaired) electrons. The molecule has 0 fully saturated rings. The maximum atomic E-state index is 4.65. The number of aromatic nitrogens is 4. The van der Waals surface area contributed by atoms with Crippen LogP contribution in [0.1, 0.15) is 22.5 Å². The highest BCUT2D eigenvalue weighted by Gasteiger charge is 2.10. The molecular weight excluding hydrogens is 336 g/mol. The van der Waals surface area contributed by atoms with Crippen LogP contribution in [0, 0.1) is 13.8 Å². The van der Waals surface area contributed by atoms with Gasteiger partial charge in [0.25, 0.3) is 0 Å². The number of aryl methyl sites for hydroxylation is 1. The lowest BCUT2D eigenvalue weighted by Gasteiger charge is -2.05. The fraction of sp³-hybridized carbons (Fsp3) is 0.143. The molecule has 0 bridgehead atoms. The number of hydrogen-bond donors (Lipinski definition) is 1. The van der Waals surface area contributed by atoms with Crippen LogP contribution in [0.5, 0.6) is 0 Å². The smallest absolute Gasteiger partial charge is 0.176 e. The average Bonchev–Trinajstić information content (AvgIpc) is 2.96. The van der Waals surface area contributed by atoms with E-state index >= 15 is 0 Å². The minimum atomic E-state index is 0.635. The molecule has 0 aliphatic rings. The quantitative estimate of drug-likeness (QED) is 0.434. The SMILES string of the molecule is Cc1nn(Cc2ccccc2)c(C)c1/C=N\Nc1nncc2ccccc12. The van der Waals surface area contributed by atoms with Crippen molar-refractivity contribution in [2.45, 2.75) is 20.4 Å². The number of anilines is 1. The molecular formula is C21H20N6. The van der Waals surface area contributed by atoms with Crippen molar-refractivity contribution in [3.63, 3.8) is 0 Å². The van der Waals surface area contributed by atoms with Crippen LogP contribution in [0.3, 0.4) is 0 Å². The predicted molar refractivity (Wildman–Crippen MR) is 108 cm³/mol. The largest absolute Gasteiger partial charge is 0.265 e. The third-order valence-corrected chi connectivity index (χ3v) is 4.55. The Hall–Kier alpha value is -3.54. The fourth-order valence-electron chi connectivity index (χ4n) is 3.08. The third kappa shape index (κ3) is 3.55. The zero-order valence-corrected chi connectivity index (χ0v) is 15.3. The maximum Gasteiger partial charge on any atom is 0.176 e. The van der Waals surface area contributed by atoms with E-state index in [1.165, 1.54) is 5.56 Å². The summed E-state index contributed by atoms with van der Waals surface area (Å²) in [5.74, 6) is 0.635. The molecule has 6 nitrogen and oxygen atoms in total. The number of nitrogens with one attached hydrogen (secondary N) is 1. The average molecular weight is 356 g/mol. The first-order valence-corrected chi connectivity index (χ1v) is 8.80. The minimum absolute atomic E-state index is 0.635. The Morgan fingerprint density at radius 3 is 2.67 bits per heavy atom. The maximum absolute atomic E-state index is 4.65. The van der Waals surface area contributed by atoms with Crippen molar-refractivity contribution in [3.8, 4) is 0 Å². The van der Waals surface area contributed by atoms with Gasteiger partial charge in [0.1, 0.15) is 0 Å². The second-order valence-corrected chi connectivity index (χ2v) is 6.38. The summed E-state index contributed by atoms with van der Waals surface area (Å²) in [6, 6.07) is 18.3. The Morgan fingerprint density at radius 2 is 1.81 bits per heavy atom. The fourth-order valence-corrected chi connectivity index (χ4v) is 3.08. The van der Waals surface area contributed by atoms with Crippen LogP contribution in [0.4, 0.5) is 5.82 Å². The molecule has 2 aromatic heterocycles. The van der Waals surface area contributed by atoms with E-state index in [1.807, 2.05) is 54.1 Å². The van der Waals surface area contributed by atoms with Crippen LogP contribution in [0.15, 0.2) is 65.9 Å². The van der Waals surface area contributed by atoms with E-state index in [-0.39, 0.29) is 0 Å². The molecule has 0 aliphatic heterocycles. The van der Waals surface area contributed by atoms with Crippen LogP contribution < -0.4 is 5.43 Å². The number of hydrogen-bond acceptors (Lipinski definition) is 5. The van der Waals surface area contributed by atoms with Crippen molar-refractivity contribution in [2.24, 2.45) is 5.10 Å². The summed E-state index contributed by atoms with van der Waals surface area (Å²) in [6.45, 7) is 4.79. The normalized spacial score (nSPS) is 11.3. The van der Waals surface area contributed by atoms with Gasteiger partial charge in [0, 0.05) is 22.0 Å². The zero-order chi connectivity index (χ0) is 18.6. The summed E-state index contributed by atoms with van der Waals surface area (Å²) in [7, 11) is 0. The van der Waals surface area contributed by atoms with Crippen LogP contribution >= 0.6 is 0 Å². The molecule has 4 aromatic rings. The third-order valence-electron chi connectivity index (χ3n) is 4.55. The Kier molecular flexibility index (Phi) is 4.61. The summed E-state index contributed by atoms with van der Waals surface area (Å²) in [5.41, 5.74) is 7.25. The molecule has 0 atom stereocenters. The van der Waals surface area contributed by atoms with E-state index in [0.717, 1.165) is 34.3 Å². The number of nitrogens with zero attached hydrogens (tertiary/aromatic N) is 5. The molecule has 27 heavy (non-hydrogen) atoms. The van der Waals surface area contributed by atoms with Gasteiger partial charge < -0.3 is 0 Å². The first-order chi connectivity index (χ1) is 13.2. The summed E-state index contributed by atoms with van der Waals surface area (Å²) in [6.07, 6.45) is 3.54. The van der Waals surface area contributed by atoms with E-state index in [0.29, 0.717) is 5.82 Å². The van der Waals surface area contributed by atoms with E-state index in [9.17, 15) is 0 Å². The van der Waals surface area contributed by atoms with E-state index < -0.39 is 0 Å². The number of benzene rings is 2. The first-order valence-electron chi connectivity index (χ1n) is 8.80. The molecule has 0 amide bonds. The van der Waals surface area contributed by atoms with Crippen molar-refractivity contribution < 1.29 is 0 Å². The van der Waals surface area contributed by atoms with Crippen molar-refractivity contribution in [1.82, 2.24) is 20.0 Å². The Labute approximate surface area is 157 Å². The monoisotopic (exact) mass is 356 g/mol. The molecule has 0 saturated carbocycles. The molecule has 2 aromatic carbocycles. The standard InChI is InChI=1S/C21H20N6/c1-15-20(16(2)27(26-15)14-17-8-4-3-5-9-17)13-23-25-21-19-11-7-6-10-18(19)12-22-24-21/h3-13H,14H2,1-2H3,(H,24,25)/b23-13-. The second kappa shape index (κ2) is 7.37. The molecule has 4 rings (SSSR count). The highest BCUT2D eigenvalue weighted by Crippen LogP contribution is 2.19. The topological polar surface area (TPSA) is 68.0 Å². The van der Waals surface area contributed by atoms with Crippen molar-refractivity contribution in [2.75, 3.05) is 5.43 Å². The van der Waals surface area contributed by atoms with E-state index in [4.69, 9.17) is 0 Å². The van der Waals surface area contributed by atoms with Gasteiger partial charge in [0.15, 0.2) is 5.82 Å². The van der Waals surface area contributed by atoms with Crippen molar-refractivity contribution in [1.29, 1.82) is 0 Å². The summed E-state index contributed by atoms with van der Waals surface area (Å²) >= 11 is 0. The molecule has 0 aliphatic carbocycles. The summed E-state index contributed by atoms with van der Waals surface area (Å²) in [4.78, 5) is 0. The first kappa shape index (κ1) is 16.9. The van der Waals surface area contributed by atoms with Gasteiger partial charge in [-0.15, -0.1) is 5.10 Å². The van der Waals surface area contributed by atoms with Gasteiger partial charge in [0.05, 0.1) is 24.7 Å². The van der Waals surface area contributed by atoms with Gasteiger partial charge in [-0.2, -0.15) is 15.3 Å². The van der Waals surface area contributed by atoms with Gasteiger partial charge >= 0.3 is 0 Å². The van der Waals surface area contributed by atoms with Gasteiger partial charge in [-0.3, -0.25) is 10.1 Å². The lowest BCUT2D eigenvalue weighted by atomic mass is 10.2. The Bertz CT molecular complexity index is 1090. The van der Waals surface area contributed by atoms with Gasteiger partial charge in [-0.25, -0.2) is 0 Å². The Balaban J connectivity index is 1.55. The molecule has 134 valence electrons. The van der Waals surface area contributed by atoms with Crippen LogP contribution in [0.25, 0.3) is 10.8 Å². The number of hydrazone groups is 1. The number of fused-ring (bicyclic) bond motifs is 1. The van der Waals surface area contributed by atoms with Crippen molar-refractivity contribution >= 4 is 22.8 Å².